The lowest BCUT2D eigenvalue weighted by Crippen LogP contribution is -2.12. The number of Topliss-reactive ketones (excluding diaryl/α,β-unsaturated/α-hetero) is 1. The van der Waals surface area contributed by atoms with Crippen LogP contribution in [0.3, 0.4) is 0 Å². The van der Waals surface area contributed by atoms with Gasteiger partial charge in [-0.25, -0.2) is 0 Å². The maximum absolute atomic E-state index is 12.3. The molecule has 0 saturated heterocycles. The van der Waals surface area contributed by atoms with Gasteiger partial charge in [0.05, 0.1) is 0 Å². The summed E-state index contributed by atoms with van der Waals surface area (Å²) >= 11 is 0. The predicted molar refractivity (Wildman–Crippen MR) is 65.0 cm³/mol. The van der Waals surface area contributed by atoms with Gasteiger partial charge in [0.1, 0.15) is 0 Å². The Kier molecular flexibility index (Phi) is 3.09. The summed E-state index contributed by atoms with van der Waals surface area (Å²) in [6, 6.07) is 9.40. The highest BCUT2D eigenvalue weighted by atomic mass is 16.1. The average molecular weight is 215 g/mol. The van der Waals surface area contributed by atoms with Gasteiger partial charge in [0.25, 0.3) is 0 Å². The fourth-order valence-electron chi connectivity index (χ4n) is 2.36. The minimum absolute atomic E-state index is 0.113. The third-order valence-corrected chi connectivity index (χ3v) is 3.29. The molecule has 2 N–H and O–H groups in total. The Labute approximate surface area is 96.2 Å². The highest BCUT2D eigenvalue weighted by molar-refractivity contribution is 6.09. The average Bonchev–Trinajstić information content (AvgIpc) is 2.70. The first-order valence-corrected chi connectivity index (χ1v) is 5.82. The van der Waals surface area contributed by atoms with Crippen molar-refractivity contribution in [1.29, 1.82) is 0 Å². The van der Waals surface area contributed by atoms with Crippen LogP contribution in [0.5, 0.6) is 0 Å². The highest BCUT2D eigenvalue weighted by Crippen LogP contribution is 2.33. The van der Waals surface area contributed by atoms with Crippen molar-refractivity contribution in [3.8, 4) is 0 Å². The molecule has 1 aromatic rings. The molecule has 0 aliphatic heterocycles. The summed E-state index contributed by atoms with van der Waals surface area (Å²) in [5, 5.41) is 0. The zero-order chi connectivity index (χ0) is 11.5. The molecule has 0 saturated carbocycles. The fraction of sp³-hybridized carbons (Fsp3) is 0.357. The number of ketones is 1. The van der Waals surface area contributed by atoms with Crippen molar-refractivity contribution >= 4 is 5.78 Å². The van der Waals surface area contributed by atoms with Gasteiger partial charge in [-0.3, -0.25) is 4.79 Å². The van der Waals surface area contributed by atoms with Gasteiger partial charge < -0.3 is 5.73 Å². The van der Waals surface area contributed by atoms with Crippen LogP contribution in [0.15, 0.2) is 41.6 Å². The van der Waals surface area contributed by atoms with Gasteiger partial charge in [0.15, 0.2) is 5.78 Å². The smallest absolute Gasteiger partial charge is 0.191 e. The van der Waals surface area contributed by atoms with Crippen molar-refractivity contribution in [1.82, 2.24) is 0 Å². The molecule has 1 aromatic carbocycles. The lowest BCUT2D eigenvalue weighted by atomic mass is 9.92. The molecule has 0 amide bonds. The lowest BCUT2D eigenvalue weighted by Gasteiger charge is -2.11. The number of carbonyl (C=O) groups is 1. The summed E-state index contributed by atoms with van der Waals surface area (Å²) in [6.45, 7) is 2.11. The number of carbonyl (C=O) groups excluding carboxylic acids is 1. The SMILES string of the molecule is CC[C@H]1CCC(N)=C1C(=O)c1ccccc1. The van der Waals surface area contributed by atoms with E-state index in [1.807, 2.05) is 30.3 Å². The van der Waals surface area contributed by atoms with Gasteiger partial charge in [-0.15, -0.1) is 0 Å². The molecule has 2 rings (SSSR count). The zero-order valence-electron chi connectivity index (χ0n) is 9.57. The van der Waals surface area contributed by atoms with Crippen molar-refractivity contribution in [3.05, 3.63) is 47.2 Å². The minimum Gasteiger partial charge on any atom is -0.402 e. The van der Waals surface area contributed by atoms with E-state index in [4.69, 9.17) is 5.73 Å². The minimum atomic E-state index is 0.113. The van der Waals surface area contributed by atoms with E-state index in [1.165, 1.54) is 0 Å². The van der Waals surface area contributed by atoms with E-state index in [9.17, 15) is 4.79 Å². The van der Waals surface area contributed by atoms with E-state index >= 15 is 0 Å². The molecule has 84 valence electrons. The number of hydrogen-bond donors (Lipinski definition) is 1. The molecule has 0 fully saturated rings. The number of benzene rings is 1. The van der Waals surface area contributed by atoms with Crippen LogP contribution in [-0.4, -0.2) is 5.78 Å². The monoisotopic (exact) mass is 215 g/mol. The van der Waals surface area contributed by atoms with Gasteiger partial charge in [-0.2, -0.15) is 0 Å². The third-order valence-electron chi connectivity index (χ3n) is 3.29. The topological polar surface area (TPSA) is 43.1 Å². The zero-order valence-corrected chi connectivity index (χ0v) is 9.57. The predicted octanol–water partition coefficient (Wildman–Crippen LogP) is 2.90. The largest absolute Gasteiger partial charge is 0.402 e. The van der Waals surface area contributed by atoms with Crippen molar-refractivity contribution in [2.24, 2.45) is 11.7 Å². The second-order valence-electron chi connectivity index (χ2n) is 4.28. The number of hydrogen-bond acceptors (Lipinski definition) is 2. The second-order valence-corrected chi connectivity index (χ2v) is 4.28. The molecule has 1 atom stereocenters. The Balaban J connectivity index is 2.32. The maximum Gasteiger partial charge on any atom is 0.191 e. The normalized spacial score (nSPS) is 20.2. The molecule has 0 aromatic heterocycles. The quantitative estimate of drug-likeness (QED) is 0.788. The third kappa shape index (κ3) is 1.87. The van der Waals surface area contributed by atoms with Gasteiger partial charge in [-0.1, -0.05) is 37.3 Å². The summed E-state index contributed by atoms with van der Waals surface area (Å²) < 4.78 is 0. The fourth-order valence-corrected chi connectivity index (χ4v) is 2.36. The van der Waals surface area contributed by atoms with Crippen molar-refractivity contribution < 1.29 is 4.79 Å². The number of allylic oxidation sites excluding steroid dienone is 2. The maximum atomic E-state index is 12.3. The van der Waals surface area contributed by atoms with Crippen molar-refractivity contribution in [3.63, 3.8) is 0 Å². The van der Waals surface area contributed by atoms with Crippen molar-refractivity contribution in [2.45, 2.75) is 26.2 Å². The molecule has 16 heavy (non-hydrogen) atoms. The first-order valence-electron chi connectivity index (χ1n) is 5.82. The van der Waals surface area contributed by atoms with Crippen LogP contribution >= 0.6 is 0 Å². The van der Waals surface area contributed by atoms with E-state index in [0.29, 0.717) is 5.92 Å². The molecule has 1 aliphatic carbocycles. The number of nitrogens with two attached hydrogens (primary N) is 1. The standard InChI is InChI=1S/C14H17NO/c1-2-10-8-9-12(15)13(10)14(16)11-6-4-3-5-7-11/h3-7,10H,2,8-9,15H2,1H3/t10-/m0/s1. The molecule has 0 heterocycles. The van der Waals surface area contributed by atoms with Crippen LogP contribution in [0.4, 0.5) is 0 Å². The Morgan fingerprint density at radius 2 is 2.06 bits per heavy atom. The van der Waals surface area contributed by atoms with Crippen LogP contribution in [-0.2, 0) is 0 Å². The van der Waals surface area contributed by atoms with Gasteiger partial charge >= 0.3 is 0 Å². The van der Waals surface area contributed by atoms with Crippen LogP contribution in [0.25, 0.3) is 0 Å². The van der Waals surface area contributed by atoms with E-state index in [-0.39, 0.29) is 5.78 Å². The van der Waals surface area contributed by atoms with Crippen molar-refractivity contribution in [2.75, 3.05) is 0 Å². The summed E-state index contributed by atoms with van der Waals surface area (Å²) in [7, 11) is 0. The van der Waals surface area contributed by atoms with E-state index in [0.717, 1.165) is 36.1 Å². The second kappa shape index (κ2) is 4.52. The molecule has 0 bridgehead atoms. The van der Waals surface area contributed by atoms with Crippen LogP contribution < -0.4 is 5.73 Å². The van der Waals surface area contributed by atoms with E-state index in [2.05, 4.69) is 6.92 Å². The molecule has 2 nitrogen and oxygen atoms in total. The molecule has 0 spiro atoms. The highest BCUT2D eigenvalue weighted by Gasteiger charge is 2.28. The molecule has 1 aliphatic rings. The lowest BCUT2D eigenvalue weighted by molar-refractivity contribution is 0.102. The summed E-state index contributed by atoms with van der Waals surface area (Å²) in [6.07, 6.45) is 2.89. The molecule has 0 radical (unpaired) electrons. The summed E-state index contributed by atoms with van der Waals surface area (Å²) in [4.78, 5) is 12.3. The summed E-state index contributed by atoms with van der Waals surface area (Å²) in [5.41, 5.74) is 8.34. The Morgan fingerprint density at radius 1 is 1.38 bits per heavy atom. The molecule has 2 heteroatoms. The molecular formula is C14H17NO. The van der Waals surface area contributed by atoms with Crippen LogP contribution in [0.2, 0.25) is 0 Å². The Hall–Kier alpha value is -1.57. The van der Waals surface area contributed by atoms with Gasteiger partial charge in [0.2, 0.25) is 0 Å². The van der Waals surface area contributed by atoms with Gasteiger partial charge in [0, 0.05) is 16.8 Å². The Morgan fingerprint density at radius 3 is 2.69 bits per heavy atom. The van der Waals surface area contributed by atoms with E-state index in [1.54, 1.807) is 0 Å². The number of rotatable bonds is 3. The first kappa shape index (κ1) is 10.9. The van der Waals surface area contributed by atoms with E-state index < -0.39 is 0 Å². The molecular weight excluding hydrogens is 198 g/mol. The van der Waals surface area contributed by atoms with Crippen LogP contribution in [0.1, 0.15) is 36.5 Å². The Bertz CT molecular complexity index is 420. The van der Waals surface area contributed by atoms with Gasteiger partial charge in [-0.05, 0) is 25.2 Å². The summed E-state index contributed by atoms with van der Waals surface area (Å²) in [5.74, 6) is 0.468. The van der Waals surface area contributed by atoms with Crippen LogP contribution in [0, 0.1) is 5.92 Å². The molecule has 0 unspecified atom stereocenters. The first-order chi connectivity index (χ1) is 7.74.